The van der Waals surface area contributed by atoms with Crippen molar-refractivity contribution in [3.8, 4) is 0 Å². The Labute approximate surface area is 185 Å². The maximum absolute atomic E-state index is 13.0. The van der Waals surface area contributed by atoms with Crippen LogP contribution in [0.4, 0.5) is 13.2 Å². The Balaban J connectivity index is 2.01. The minimum Gasteiger partial charge on any atom is -0.460 e. The SMILES string of the molecule is CC1=C(C(=O)OC(C)C)[C@H](c2ccc(C(F)(F)F)cc2)CC(=O)N1Cc1ccc(C)cc1. The summed E-state index contributed by atoms with van der Waals surface area (Å²) in [6.45, 7) is 7.38. The molecule has 1 aliphatic rings. The summed E-state index contributed by atoms with van der Waals surface area (Å²) in [7, 11) is 0. The van der Waals surface area contributed by atoms with Gasteiger partial charge in [-0.25, -0.2) is 4.79 Å². The molecule has 32 heavy (non-hydrogen) atoms. The molecule has 0 spiro atoms. The minimum absolute atomic E-state index is 0.0307. The van der Waals surface area contributed by atoms with E-state index < -0.39 is 23.6 Å². The predicted octanol–water partition coefficient (Wildman–Crippen LogP) is 5.76. The summed E-state index contributed by atoms with van der Waals surface area (Å²) < 4.78 is 44.3. The first-order valence-electron chi connectivity index (χ1n) is 10.4. The highest BCUT2D eigenvalue weighted by molar-refractivity contribution is 5.96. The summed E-state index contributed by atoms with van der Waals surface area (Å²) in [5.41, 5.74) is 2.44. The predicted molar refractivity (Wildman–Crippen MR) is 114 cm³/mol. The highest BCUT2D eigenvalue weighted by Crippen LogP contribution is 2.39. The molecule has 7 heteroatoms. The largest absolute Gasteiger partial charge is 0.460 e. The molecule has 170 valence electrons. The van der Waals surface area contributed by atoms with E-state index in [9.17, 15) is 22.8 Å². The maximum atomic E-state index is 13.0. The van der Waals surface area contributed by atoms with E-state index in [1.165, 1.54) is 12.1 Å². The number of ether oxygens (including phenoxy) is 1. The van der Waals surface area contributed by atoms with Gasteiger partial charge in [0.05, 0.1) is 23.8 Å². The fourth-order valence-electron chi connectivity index (χ4n) is 3.81. The van der Waals surface area contributed by atoms with Gasteiger partial charge in [0.1, 0.15) is 0 Å². The van der Waals surface area contributed by atoms with Crippen LogP contribution in [0.2, 0.25) is 0 Å². The van der Waals surface area contributed by atoms with E-state index >= 15 is 0 Å². The number of nitrogens with zero attached hydrogens (tertiary/aromatic N) is 1. The normalized spacial score (nSPS) is 17.2. The van der Waals surface area contributed by atoms with Crippen LogP contribution in [0.5, 0.6) is 0 Å². The zero-order valence-electron chi connectivity index (χ0n) is 18.5. The van der Waals surface area contributed by atoms with Gasteiger partial charge in [-0.1, -0.05) is 42.0 Å². The van der Waals surface area contributed by atoms with Gasteiger partial charge in [-0.2, -0.15) is 13.2 Å². The molecule has 0 fully saturated rings. The average Bonchev–Trinajstić information content (AvgIpc) is 2.71. The summed E-state index contributed by atoms with van der Waals surface area (Å²) in [6, 6.07) is 12.3. The molecule has 2 aromatic carbocycles. The molecule has 1 aliphatic heterocycles. The Morgan fingerprint density at radius 3 is 2.19 bits per heavy atom. The van der Waals surface area contributed by atoms with Gasteiger partial charge in [-0.3, -0.25) is 4.79 Å². The van der Waals surface area contributed by atoms with Crippen LogP contribution in [0.1, 0.15) is 55.4 Å². The summed E-state index contributed by atoms with van der Waals surface area (Å²) in [5, 5.41) is 0. The van der Waals surface area contributed by atoms with Crippen LogP contribution in [0.3, 0.4) is 0 Å². The third-order valence-electron chi connectivity index (χ3n) is 5.49. The van der Waals surface area contributed by atoms with Crippen molar-refractivity contribution < 1.29 is 27.5 Å². The van der Waals surface area contributed by atoms with Gasteiger partial charge in [0, 0.05) is 18.0 Å². The van der Waals surface area contributed by atoms with E-state index in [1.54, 1.807) is 25.7 Å². The number of carbonyl (C=O) groups excluding carboxylic acids is 2. The molecule has 1 amide bonds. The topological polar surface area (TPSA) is 46.6 Å². The van der Waals surface area contributed by atoms with Crippen molar-refractivity contribution in [1.82, 2.24) is 4.90 Å². The minimum atomic E-state index is -4.46. The van der Waals surface area contributed by atoms with Crippen molar-refractivity contribution in [1.29, 1.82) is 0 Å². The van der Waals surface area contributed by atoms with E-state index in [-0.39, 0.29) is 18.4 Å². The van der Waals surface area contributed by atoms with Gasteiger partial charge in [-0.05, 0) is 51.0 Å². The first kappa shape index (κ1) is 23.6. The molecule has 0 radical (unpaired) electrons. The van der Waals surface area contributed by atoms with Crippen molar-refractivity contribution in [3.05, 3.63) is 82.1 Å². The first-order chi connectivity index (χ1) is 15.0. The van der Waals surface area contributed by atoms with E-state index in [1.807, 2.05) is 31.2 Å². The summed E-state index contributed by atoms with van der Waals surface area (Å²) in [4.78, 5) is 27.6. The fraction of sp³-hybridized carbons (Fsp3) is 0.360. The van der Waals surface area contributed by atoms with Crippen LogP contribution >= 0.6 is 0 Å². The molecule has 0 unspecified atom stereocenters. The van der Waals surface area contributed by atoms with Crippen LogP contribution in [-0.4, -0.2) is 22.9 Å². The Bertz CT molecular complexity index is 1020. The zero-order chi connectivity index (χ0) is 23.6. The second-order valence-electron chi connectivity index (χ2n) is 8.30. The van der Waals surface area contributed by atoms with Crippen LogP contribution in [0, 0.1) is 6.92 Å². The summed E-state index contributed by atoms with van der Waals surface area (Å²) in [6.07, 6.45) is -4.87. The van der Waals surface area contributed by atoms with Crippen molar-refractivity contribution in [2.75, 3.05) is 0 Å². The number of benzene rings is 2. The molecule has 0 saturated heterocycles. The van der Waals surface area contributed by atoms with Crippen molar-refractivity contribution in [2.45, 2.75) is 58.9 Å². The molecule has 0 bridgehead atoms. The van der Waals surface area contributed by atoms with Gasteiger partial charge >= 0.3 is 12.1 Å². The number of hydrogen-bond acceptors (Lipinski definition) is 3. The van der Waals surface area contributed by atoms with Crippen molar-refractivity contribution in [3.63, 3.8) is 0 Å². The monoisotopic (exact) mass is 445 g/mol. The van der Waals surface area contributed by atoms with Gasteiger partial charge < -0.3 is 9.64 Å². The summed E-state index contributed by atoms with van der Waals surface area (Å²) >= 11 is 0. The number of alkyl halides is 3. The second kappa shape index (κ2) is 9.18. The lowest BCUT2D eigenvalue weighted by molar-refractivity contribution is -0.144. The molecule has 1 heterocycles. The molecule has 0 saturated carbocycles. The summed E-state index contributed by atoms with van der Waals surface area (Å²) in [5.74, 6) is -1.44. The Hall–Kier alpha value is -3.09. The lowest BCUT2D eigenvalue weighted by Crippen LogP contribution is -2.38. The van der Waals surface area contributed by atoms with E-state index in [0.717, 1.165) is 23.3 Å². The van der Waals surface area contributed by atoms with E-state index in [4.69, 9.17) is 4.74 Å². The van der Waals surface area contributed by atoms with Crippen molar-refractivity contribution in [2.24, 2.45) is 0 Å². The van der Waals surface area contributed by atoms with Gasteiger partial charge in [0.15, 0.2) is 0 Å². The zero-order valence-corrected chi connectivity index (χ0v) is 18.5. The van der Waals surface area contributed by atoms with Crippen LogP contribution in [-0.2, 0) is 27.0 Å². The van der Waals surface area contributed by atoms with Crippen molar-refractivity contribution >= 4 is 11.9 Å². The van der Waals surface area contributed by atoms with E-state index in [0.29, 0.717) is 23.4 Å². The molecular weight excluding hydrogens is 419 g/mol. The number of esters is 1. The Morgan fingerprint density at radius 2 is 1.66 bits per heavy atom. The van der Waals surface area contributed by atoms with Crippen LogP contribution in [0.15, 0.2) is 59.8 Å². The molecule has 0 aromatic heterocycles. The van der Waals surface area contributed by atoms with Crippen LogP contribution in [0.25, 0.3) is 0 Å². The quantitative estimate of drug-likeness (QED) is 0.550. The standard InChI is InChI=1S/C25H26F3NO3/c1-15(2)32-24(31)23-17(4)29(14-18-7-5-16(3)6-8-18)22(30)13-21(23)19-9-11-20(12-10-19)25(26,27)28/h5-12,15,21H,13-14H2,1-4H3/t21-/m0/s1. The third kappa shape index (κ3) is 5.21. The number of amides is 1. The fourth-order valence-corrected chi connectivity index (χ4v) is 3.81. The molecule has 3 rings (SSSR count). The number of carbonyl (C=O) groups is 2. The number of halogens is 3. The first-order valence-corrected chi connectivity index (χ1v) is 10.4. The molecule has 4 nitrogen and oxygen atoms in total. The molecule has 2 aromatic rings. The number of hydrogen-bond donors (Lipinski definition) is 0. The van der Waals surface area contributed by atoms with E-state index in [2.05, 4.69) is 0 Å². The molecular formula is C25H26F3NO3. The average molecular weight is 445 g/mol. The molecule has 1 atom stereocenters. The van der Waals surface area contributed by atoms with Gasteiger partial charge in [-0.15, -0.1) is 0 Å². The molecule has 0 aliphatic carbocycles. The Kier molecular flexibility index (Phi) is 6.77. The molecule has 0 N–H and O–H groups in total. The number of rotatable bonds is 5. The van der Waals surface area contributed by atoms with Gasteiger partial charge in [0.2, 0.25) is 5.91 Å². The Morgan fingerprint density at radius 1 is 1.06 bits per heavy atom. The smallest absolute Gasteiger partial charge is 0.416 e. The highest BCUT2D eigenvalue weighted by atomic mass is 19.4. The lowest BCUT2D eigenvalue weighted by atomic mass is 9.83. The maximum Gasteiger partial charge on any atom is 0.416 e. The van der Waals surface area contributed by atoms with Crippen LogP contribution < -0.4 is 0 Å². The third-order valence-corrected chi connectivity index (χ3v) is 5.49. The van der Waals surface area contributed by atoms with Gasteiger partial charge in [0.25, 0.3) is 0 Å². The number of aryl methyl sites for hydroxylation is 1. The number of allylic oxidation sites excluding steroid dienone is 1. The lowest BCUT2D eigenvalue weighted by Gasteiger charge is -2.35. The second-order valence-corrected chi connectivity index (χ2v) is 8.30. The highest BCUT2D eigenvalue weighted by Gasteiger charge is 2.38.